The second kappa shape index (κ2) is 18.2. The van der Waals surface area contributed by atoms with Crippen LogP contribution in [0.5, 0.6) is 5.75 Å². The van der Waals surface area contributed by atoms with E-state index in [-0.39, 0.29) is 37.1 Å². The monoisotopic (exact) mass is 576 g/mol. The number of unbranched alkanes of at least 4 members (excludes halogenated alkanes) is 5. The Morgan fingerprint density at radius 1 is 0.927 bits per heavy atom. The van der Waals surface area contributed by atoms with Gasteiger partial charge in [-0.15, -0.1) is 0 Å². The number of carbonyl (C=O) groups is 4. The van der Waals surface area contributed by atoms with Crippen LogP contribution in [0.1, 0.15) is 117 Å². The van der Waals surface area contributed by atoms with Crippen molar-refractivity contribution in [3.05, 3.63) is 29.8 Å². The number of phenolic OH excluding ortho intramolecular Hbond substituents is 1. The number of ether oxygens (including phenoxy) is 1. The van der Waals surface area contributed by atoms with E-state index in [9.17, 15) is 24.3 Å². The molecule has 1 aromatic carbocycles. The number of nitrogens with zero attached hydrogens (tertiary/aromatic N) is 1. The Morgan fingerprint density at radius 2 is 1.54 bits per heavy atom. The number of alkyl carbamates (subject to hydrolysis) is 1. The fourth-order valence-electron chi connectivity index (χ4n) is 4.58. The molecule has 0 heterocycles. The first-order valence-corrected chi connectivity index (χ1v) is 15.0. The molecule has 5 N–H and O–H groups in total. The molecule has 4 amide bonds. The minimum absolute atomic E-state index is 0.0342. The number of phenols is 1. The van der Waals surface area contributed by atoms with Crippen LogP contribution in [0, 0.1) is 0 Å². The minimum atomic E-state index is -1.14. The maximum atomic E-state index is 14.2. The summed E-state index contributed by atoms with van der Waals surface area (Å²) in [6.07, 6.45) is 6.50. The third-order valence-corrected chi connectivity index (χ3v) is 6.58. The zero-order valence-electron chi connectivity index (χ0n) is 25.8. The van der Waals surface area contributed by atoms with E-state index in [2.05, 4.69) is 17.6 Å². The zero-order valence-corrected chi connectivity index (χ0v) is 25.8. The number of hydrogen-bond donors (Lipinski definition) is 4. The topological polar surface area (TPSA) is 151 Å². The third kappa shape index (κ3) is 14.2. The van der Waals surface area contributed by atoms with Gasteiger partial charge in [-0.3, -0.25) is 14.4 Å². The van der Waals surface area contributed by atoms with E-state index < -0.39 is 35.6 Å². The number of carbonyl (C=O) groups excluding carboxylic acids is 4. The molecule has 10 heteroatoms. The Balaban J connectivity index is 3.47. The van der Waals surface area contributed by atoms with Crippen molar-refractivity contribution < 1.29 is 29.0 Å². The summed E-state index contributed by atoms with van der Waals surface area (Å²) in [5, 5.41) is 15.5. The summed E-state index contributed by atoms with van der Waals surface area (Å²) < 4.78 is 5.38. The fraction of sp³-hybridized carbons (Fsp3) is 0.677. The largest absolute Gasteiger partial charge is 0.508 e. The van der Waals surface area contributed by atoms with Gasteiger partial charge in [0.25, 0.3) is 0 Å². The Morgan fingerprint density at radius 3 is 2.10 bits per heavy atom. The molecule has 0 aliphatic carbocycles. The number of primary amides is 1. The molecule has 3 atom stereocenters. The highest BCUT2D eigenvalue weighted by Crippen LogP contribution is 2.26. The van der Waals surface area contributed by atoms with Crippen molar-refractivity contribution in [1.82, 2.24) is 15.5 Å². The summed E-state index contributed by atoms with van der Waals surface area (Å²) >= 11 is 0. The molecular weight excluding hydrogens is 524 g/mol. The quantitative estimate of drug-likeness (QED) is 0.179. The predicted molar refractivity (Wildman–Crippen MR) is 160 cm³/mol. The van der Waals surface area contributed by atoms with Crippen molar-refractivity contribution in [2.24, 2.45) is 5.73 Å². The van der Waals surface area contributed by atoms with Gasteiger partial charge in [0.2, 0.25) is 17.7 Å². The molecule has 3 unspecified atom stereocenters. The highest BCUT2D eigenvalue weighted by Gasteiger charge is 2.36. The van der Waals surface area contributed by atoms with Gasteiger partial charge in [0, 0.05) is 19.0 Å². The number of nitrogens with two attached hydrogens (primary N) is 1. The lowest BCUT2D eigenvalue weighted by Gasteiger charge is -2.35. The molecule has 0 aliphatic heterocycles. The van der Waals surface area contributed by atoms with Crippen molar-refractivity contribution >= 4 is 23.8 Å². The maximum absolute atomic E-state index is 14.2. The molecule has 0 spiro atoms. The van der Waals surface area contributed by atoms with E-state index in [1.807, 2.05) is 13.8 Å². The maximum Gasteiger partial charge on any atom is 0.408 e. The average Bonchev–Trinajstić information content (AvgIpc) is 2.87. The lowest BCUT2D eigenvalue weighted by Crippen LogP contribution is -2.54. The highest BCUT2D eigenvalue weighted by atomic mass is 16.6. The first kappa shape index (κ1) is 35.7. The standard InChI is InChI=1S/C31H52N4O6/c1-7-9-10-11-12-13-21-35(29(39)25(19-20-26(32)37)34-30(40)41-31(4,5)6)27(23-15-17-24(36)18-16-23)28(38)33-22(3)14-8-2/h15-18,22,25,27,36H,7-14,19-21H2,1-6H3,(H2,32,37)(H,33,38)(H,34,40). The molecule has 0 bridgehead atoms. The van der Waals surface area contributed by atoms with Gasteiger partial charge in [0.1, 0.15) is 23.4 Å². The van der Waals surface area contributed by atoms with Crippen LogP contribution in [0.4, 0.5) is 4.79 Å². The molecule has 0 aromatic heterocycles. The molecule has 0 fully saturated rings. The van der Waals surface area contributed by atoms with Crippen LogP contribution >= 0.6 is 0 Å². The molecule has 0 aliphatic rings. The van der Waals surface area contributed by atoms with E-state index in [4.69, 9.17) is 10.5 Å². The van der Waals surface area contributed by atoms with Crippen molar-refractivity contribution in [2.75, 3.05) is 6.54 Å². The zero-order chi connectivity index (χ0) is 31.0. The van der Waals surface area contributed by atoms with Gasteiger partial charge in [-0.25, -0.2) is 4.79 Å². The summed E-state index contributed by atoms with van der Waals surface area (Å²) in [5.74, 6) is -1.45. The van der Waals surface area contributed by atoms with Crippen LogP contribution in [0.2, 0.25) is 0 Å². The summed E-state index contributed by atoms with van der Waals surface area (Å²) in [6, 6.07) is 3.90. The number of amides is 4. The van der Waals surface area contributed by atoms with Crippen LogP contribution in [-0.2, 0) is 19.1 Å². The molecule has 1 rings (SSSR count). The van der Waals surface area contributed by atoms with Gasteiger partial charge < -0.3 is 31.1 Å². The molecule has 232 valence electrons. The molecular formula is C31H52N4O6. The van der Waals surface area contributed by atoms with Gasteiger partial charge in [0.15, 0.2) is 0 Å². The van der Waals surface area contributed by atoms with Gasteiger partial charge in [-0.2, -0.15) is 0 Å². The molecule has 1 aromatic rings. The Labute approximate surface area is 245 Å². The Bertz CT molecular complexity index is 960. The second-order valence-corrected chi connectivity index (χ2v) is 11.7. The van der Waals surface area contributed by atoms with Gasteiger partial charge in [-0.1, -0.05) is 64.5 Å². The lowest BCUT2D eigenvalue weighted by atomic mass is 10.00. The second-order valence-electron chi connectivity index (χ2n) is 11.7. The highest BCUT2D eigenvalue weighted by molar-refractivity contribution is 5.92. The average molecular weight is 577 g/mol. The van der Waals surface area contributed by atoms with Gasteiger partial charge in [0.05, 0.1) is 0 Å². The number of nitrogens with one attached hydrogen (secondary N) is 2. The normalized spacial score (nSPS) is 13.5. The lowest BCUT2D eigenvalue weighted by molar-refractivity contribution is -0.143. The molecule has 0 saturated heterocycles. The predicted octanol–water partition coefficient (Wildman–Crippen LogP) is 5.09. The van der Waals surface area contributed by atoms with E-state index in [0.717, 1.165) is 44.9 Å². The Hall–Kier alpha value is -3.30. The molecule has 41 heavy (non-hydrogen) atoms. The summed E-state index contributed by atoms with van der Waals surface area (Å²) in [5.41, 5.74) is 5.11. The SMILES string of the molecule is CCCCCCCCN(C(=O)C(CCC(N)=O)NC(=O)OC(C)(C)C)C(C(=O)NC(C)CCC)c1ccc(O)cc1. The van der Waals surface area contributed by atoms with E-state index in [0.29, 0.717) is 12.0 Å². The van der Waals surface area contributed by atoms with Crippen molar-refractivity contribution in [3.63, 3.8) is 0 Å². The summed E-state index contributed by atoms with van der Waals surface area (Å²) in [7, 11) is 0. The first-order valence-electron chi connectivity index (χ1n) is 15.0. The van der Waals surface area contributed by atoms with E-state index in [1.54, 1.807) is 32.9 Å². The number of aromatic hydroxyl groups is 1. The van der Waals surface area contributed by atoms with Crippen molar-refractivity contribution in [3.8, 4) is 5.75 Å². The number of benzene rings is 1. The smallest absolute Gasteiger partial charge is 0.408 e. The van der Waals surface area contributed by atoms with E-state index >= 15 is 0 Å². The summed E-state index contributed by atoms with van der Waals surface area (Å²) in [6.45, 7) is 11.5. The fourth-order valence-corrected chi connectivity index (χ4v) is 4.58. The van der Waals surface area contributed by atoms with Crippen LogP contribution < -0.4 is 16.4 Å². The van der Waals surface area contributed by atoms with Gasteiger partial charge in [-0.05, 0) is 64.7 Å². The first-order chi connectivity index (χ1) is 19.3. The van der Waals surface area contributed by atoms with Crippen LogP contribution in [0.25, 0.3) is 0 Å². The van der Waals surface area contributed by atoms with E-state index in [1.165, 1.54) is 17.0 Å². The number of rotatable bonds is 18. The van der Waals surface area contributed by atoms with Crippen molar-refractivity contribution in [1.29, 1.82) is 0 Å². The van der Waals surface area contributed by atoms with Crippen LogP contribution in [0.3, 0.4) is 0 Å². The van der Waals surface area contributed by atoms with Crippen LogP contribution in [0.15, 0.2) is 24.3 Å². The molecule has 0 saturated carbocycles. The van der Waals surface area contributed by atoms with Crippen LogP contribution in [-0.4, -0.2) is 58.1 Å². The third-order valence-electron chi connectivity index (χ3n) is 6.58. The molecule has 0 radical (unpaired) electrons. The number of hydrogen-bond acceptors (Lipinski definition) is 6. The minimum Gasteiger partial charge on any atom is -0.508 e. The van der Waals surface area contributed by atoms with Gasteiger partial charge >= 0.3 is 6.09 Å². The summed E-state index contributed by atoms with van der Waals surface area (Å²) in [4.78, 5) is 53.8. The van der Waals surface area contributed by atoms with Crippen molar-refractivity contribution in [2.45, 2.75) is 129 Å². The Kier molecular flexibility index (Phi) is 15.9. The molecule has 10 nitrogen and oxygen atoms in total.